The van der Waals surface area contributed by atoms with Gasteiger partial charge in [0.2, 0.25) is 0 Å². The molecule has 0 aliphatic heterocycles. The van der Waals surface area contributed by atoms with Gasteiger partial charge in [0.1, 0.15) is 13.2 Å². The van der Waals surface area contributed by atoms with Crippen molar-refractivity contribution in [2.45, 2.75) is 20.1 Å². The lowest BCUT2D eigenvalue weighted by atomic mass is 10.2. The molecule has 0 unspecified atom stereocenters. The van der Waals surface area contributed by atoms with E-state index < -0.39 is 0 Å². The maximum Gasteiger partial charge on any atom is 0.162 e. The van der Waals surface area contributed by atoms with Gasteiger partial charge in [-0.25, -0.2) is 0 Å². The van der Waals surface area contributed by atoms with Gasteiger partial charge in [-0.3, -0.25) is 5.43 Å². The van der Waals surface area contributed by atoms with Gasteiger partial charge in [-0.2, -0.15) is 5.10 Å². The van der Waals surface area contributed by atoms with Crippen LogP contribution in [-0.2, 0) is 13.2 Å². The summed E-state index contributed by atoms with van der Waals surface area (Å²) in [5, 5.41) is 4.38. The molecular formula is C28H26N2O2. The van der Waals surface area contributed by atoms with E-state index in [0.29, 0.717) is 24.7 Å². The fraction of sp³-hybridized carbons (Fsp3) is 0.107. The third kappa shape index (κ3) is 5.99. The van der Waals surface area contributed by atoms with Gasteiger partial charge in [0.25, 0.3) is 0 Å². The normalized spacial score (nSPS) is 10.8. The molecule has 0 heterocycles. The monoisotopic (exact) mass is 422 g/mol. The summed E-state index contributed by atoms with van der Waals surface area (Å²) in [6, 6.07) is 34.1. The molecule has 0 amide bonds. The minimum absolute atomic E-state index is 0.463. The molecule has 0 aliphatic carbocycles. The molecule has 4 heteroatoms. The zero-order valence-electron chi connectivity index (χ0n) is 18.1. The molecule has 0 atom stereocenters. The number of benzene rings is 4. The summed E-state index contributed by atoms with van der Waals surface area (Å²) in [5.74, 6) is 1.39. The molecule has 0 bridgehead atoms. The van der Waals surface area contributed by atoms with E-state index in [1.165, 1.54) is 0 Å². The lowest BCUT2D eigenvalue weighted by Crippen LogP contribution is -2.01. The first-order valence-electron chi connectivity index (χ1n) is 10.6. The van der Waals surface area contributed by atoms with E-state index >= 15 is 0 Å². The number of aryl methyl sites for hydroxylation is 1. The summed E-state index contributed by atoms with van der Waals surface area (Å²) >= 11 is 0. The van der Waals surface area contributed by atoms with Crippen LogP contribution in [0.3, 0.4) is 0 Å². The van der Waals surface area contributed by atoms with Crippen molar-refractivity contribution in [3.8, 4) is 11.5 Å². The molecule has 0 fully saturated rings. The van der Waals surface area contributed by atoms with Crippen LogP contribution < -0.4 is 14.9 Å². The van der Waals surface area contributed by atoms with Gasteiger partial charge in [0, 0.05) is 0 Å². The number of anilines is 1. The number of para-hydroxylation sites is 1. The number of nitrogens with zero attached hydrogens (tertiary/aromatic N) is 1. The van der Waals surface area contributed by atoms with Crippen LogP contribution >= 0.6 is 0 Å². The number of hydrazone groups is 1. The highest BCUT2D eigenvalue weighted by Crippen LogP contribution is 2.30. The van der Waals surface area contributed by atoms with Crippen LogP contribution in [0, 0.1) is 6.92 Å². The summed E-state index contributed by atoms with van der Waals surface area (Å²) in [5.41, 5.74) is 8.34. The Hall–Kier alpha value is -4.05. The van der Waals surface area contributed by atoms with Crippen molar-refractivity contribution in [2.75, 3.05) is 5.43 Å². The lowest BCUT2D eigenvalue weighted by Gasteiger charge is -2.14. The van der Waals surface area contributed by atoms with Crippen molar-refractivity contribution >= 4 is 11.9 Å². The Kier molecular flexibility index (Phi) is 7.17. The van der Waals surface area contributed by atoms with Gasteiger partial charge < -0.3 is 9.47 Å². The lowest BCUT2D eigenvalue weighted by molar-refractivity contribution is 0.256. The summed E-state index contributed by atoms with van der Waals surface area (Å²) in [6.45, 7) is 2.99. The Morgan fingerprint density at radius 3 is 1.94 bits per heavy atom. The van der Waals surface area contributed by atoms with E-state index in [0.717, 1.165) is 27.9 Å². The van der Waals surface area contributed by atoms with Crippen LogP contribution in [-0.4, -0.2) is 6.21 Å². The Morgan fingerprint density at radius 2 is 1.28 bits per heavy atom. The SMILES string of the molecule is Cc1ccccc1N/N=C\c1ccc(OCc2ccccc2)c(OCc2ccccc2)c1. The van der Waals surface area contributed by atoms with Crippen molar-refractivity contribution in [3.05, 3.63) is 125 Å². The molecule has 0 saturated carbocycles. The highest BCUT2D eigenvalue weighted by atomic mass is 16.5. The Bertz CT molecular complexity index is 1160. The maximum atomic E-state index is 6.13. The van der Waals surface area contributed by atoms with E-state index in [1.807, 2.05) is 110 Å². The summed E-state index contributed by atoms with van der Waals surface area (Å²) in [7, 11) is 0. The average molecular weight is 423 g/mol. The van der Waals surface area contributed by atoms with Gasteiger partial charge in [-0.1, -0.05) is 78.9 Å². The van der Waals surface area contributed by atoms with Crippen LogP contribution in [0.5, 0.6) is 11.5 Å². The molecule has 0 radical (unpaired) electrons. The van der Waals surface area contributed by atoms with Gasteiger partial charge in [0.05, 0.1) is 11.9 Å². The molecule has 4 aromatic carbocycles. The largest absolute Gasteiger partial charge is 0.485 e. The van der Waals surface area contributed by atoms with Gasteiger partial charge in [-0.15, -0.1) is 0 Å². The molecule has 0 aliphatic rings. The first-order chi connectivity index (χ1) is 15.8. The topological polar surface area (TPSA) is 42.9 Å². The number of ether oxygens (including phenoxy) is 2. The van der Waals surface area contributed by atoms with Gasteiger partial charge in [0.15, 0.2) is 11.5 Å². The number of nitrogens with one attached hydrogen (secondary N) is 1. The standard InChI is InChI=1S/C28H26N2O2/c1-22-10-8-9-15-26(22)30-29-19-25-16-17-27(31-20-23-11-4-2-5-12-23)28(18-25)32-21-24-13-6-3-7-14-24/h2-19,30H,20-21H2,1H3/b29-19-. The molecule has 0 spiro atoms. The van der Waals surface area contributed by atoms with Crippen LogP contribution in [0.4, 0.5) is 5.69 Å². The number of rotatable bonds is 9. The summed E-state index contributed by atoms with van der Waals surface area (Å²) in [6.07, 6.45) is 1.78. The van der Waals surface area contributed by atoms with E-state index in [-0.39, 0.29) is 0 Å². The first kappa shape index (κ1) is 21.2. The predicted octanol–water partition coefficient (Wildman–Crippen LogP) is 6.60. The van der Waals surface area contributed by atoms with Crippen molar-refractivity contribution in [1.82, 2.24) is 0 Å². The number of hydrogen-bond donors (Lipinski definition) is 1. The van der Waals surface area contributed by atoms with Crippen LogP contribution in [0.15, 0.2) is 108 Å². The summed E-state index contributed by atoms with van der Waals surface area (Å²) in [4.78, 5) is 0. The van der Waals surface area contributed by atoms with Crippen molar-refractivity contribution in [2.24, 2.45) is 5.10 Å². The average Bonchev–Trinajstić information content (AvgIpc) is 2.84. The molecule has 1 N–H and O–H groups in total. The Balaban J connectivity index is 1.49. The van der Waals surface area contributed by atoms with Crippen LogP contribution in [0.25, 0.3) is 0 Å². The number of hydrogen-bond acceptors (Lipinski definition) is 4. The second-order valence-electron chi connectivity index (χ2n) is 7.44. The van der Waals surface area contributed by atoms with Crippen molar-refractivity contribution < 1.29 is 9.47 Å². The second kappa shape index (κ2) is 10.8. The quantitative estimate of drug-likeness (QED) is 0.244. The minimum Gasteiger partial charge on any atom is -0.485 e. The molecule has 0 aromatic heterocycles. The Morgan fingerprint density at radius 1 is 0.688 bits per heavy atom. The molecule has 4 nitrogen and oxygen atoms in total. The van der Waals surface area contributed by atoms with E-state index in [9.17, 15) is 0 Å². The summed E-state index contributed by atoms with van der Waals surface area (Å²) < 4.78 is 12.2. The maximum absolute atomic E-state index is 6.13. The zero-order valence-corrected chi connectivity index (χ0v) is 18.1. The second-order valence-corrected chi connectivity index (χ2v) is 7.44. The van der Waals surface area contributed by atoms with E-state index in [1.54, 1.807) is 6.21 Å². The molecule has 160 valence electrons. The zero-order chi connectivity index (χ0) is 22.0. The fourth-order valence-electron chi connectivity index (χ4n) is 3.18. The molecule has 0 saturated heterocycles. The molecule has 4 rings (SSSR count). The van der Waals surface area contributed by atoms with Crippen LogP contribution in [0.2, 0.25) is 0 Å². The van der Waals surface area contributed by atoms with Crippen molar-refractivity contribution in [1.29, 1.82) is 0 Å². The smallest absolute Gasteiger partial charge is 0.162 e. The third-order valence-electron chi connectivity index (χ3n) is 4.99. The highest BCUT2D eigenvalue weighted by Gasteiger charge is 2.08. The third-order valence-corrected chi connectivity index (χ3v) is 4.99. The molecule has 32 heavy (non-hydrogen) atoms. The van der Waals surface area contributed by atoms with Crippen LogP contribution in [0.1, 0.15) is 22.3 Å². The molecule has 4 aromatic rings. The molecular weight excluding hydrogens is 396 g/mol. The highest BCUT2D eigenvalue weighted by molar-refractivity contribution is 5.81. The predicted molar refractivity (Wildman–Crippen MR) is 130 cm³/mol. The van der Waals surface area contributed by atoms with E-state index in [4.69, 9.17) is 9.47 Å². The fourth-order valence-corrected chi connectivity index (χ4v) is 3.18. The van der Waals surface area contributed by atoms with Crippen molar-refractivity contribution in [3.63, 3.8) is 0 Å². The Labute approximate surface area is 189 Å². The van der Waals surface area contributed by atoms with Gasteiger partial charge in [-0.05, 0) is 53.4 Å². The van der Waals surface area contributed by atoms with E-state index in [2.05, 4.69) is 10.5 Å². The first-order valence-corrected chi connectivity index (χ1v) is 10.6. The van der Waals surface area contributed by atoms with Gasteiger partial charge >= 0.3 is 0 Å². The minimum atomic E-state index is 0.463.